The molecule has 0 saturated carbocycles. The van der Waals surface area contributed by atoms with E-state index in [1.165, 1.54) is 12.8 Å². The van der Waals surface area contributed by atoms with Crippen LogP contribution >= 0.6 is 0 Å². The van der Waals surface area contributed by atoms with Gasteiger partial charge in [0.25, 0.3) is 5.91 Å². The predicted molar refractivity (Wildman–Crippen MR) is 92.3 cm³/mol. The number of amides is 1. The topological polar surface area (TPSA) is 41.1 Å². The molecule has 3 atom stereocenters. The molecule has 2 N–H and O–H groups in total. The van der Waals surface area contributed by atoms with E-state index < -0.39 is 0 Å². The monoisotopic (exact) mass is 304 g/mol. The average Bonchev–Trinajstić information content (AvgIpc) is 3.18. The molecule has 2 aliphatic rings. The SMILES string of the molecule is CC#Cc1cccc2cc(C(=O)N[C@@H]3C[C@H]4CC[C@@H]3N4)ccc12. The lowest BCUT2D eigenvalue weighted by atomic mass is 9.95. The van der Waals surface area contributed by atoms with Crippen molar-refractivity contribution in [2.24, 2.45) is 0 Å². The lowest BCUT2D eigenvalue weighted by Crippen LogP contribution is -2.42. The Bertz CT molecular complexity index is 830. The van der Waals surface area contributed by atoms with Gasteiger partial charge in [-0.05, 0) is 55.2 Å². The van der Waals surface area contributed by atoms with Gasteiger partial charge in [-0.25, -0.2) is 0 Å². The van der Waals surface area contributed by atoms with E-state index in [1.807, 2.05) is 43.3 Å². The molecule has 116 valence electrons. The molecule has 2 aromatic rings. The average molecular weight is 304 g/mol. The molecule has 2 heterocycles. The quantitative estimate of drug-likeness (QED) is 0.838. The molecule has 4 rings (SSSR count). The van der Waals surface area contributed by atoms with E-state index in [1.54, 1.807) is 0 Å². The zero-order valence-electron chi connectivity index (χ0n) is 13.2. The van der Waals surface area contributed by atoms with Crippen LogP contribution in [0, 0.1) is 11.8 Å². The third-order valence-electron chi connectivity index (χ3n) is 5.02. The Morgan fingerprint density at radius 3 is 2.91 bits per heavy atom. The third-order valence-corrected chi connectivity index (χ3v) is 5.02. The maximum absolute atomic E-state index is 12.6. The summed E-state index contributed by atoms with van der Waals surface area (Å²) in [6.45, 7) is 1.84. The molecule has 0 radical (unpaired) electrons. The second-order valence-corrected chi connectivity index (χ2v) is 6.48. The number of hydrogen-bond acceptors (Lipinski definition) is 2. The predicted octanol–water partition coefficient (Wildman–Crippen LogP) is 2.83. The van der Waals surface area contributed by atoms with E-state index in [-0.39, 0.29) is 11.9 Å². The summed E-state index contributed by atoms with van der Waals surface area (Å²) in [6, 6.07) is 13.2. The fourth-order valence-corrected chi connectivity index (χ4v) is 3.90. The Morgan fingerprint density at radius 1 is 1.26 bits per heavy atom. The number of carbonyl (C=O) groups is 1. The Kier molecular flexibility index (Phi) is 3.55. The van der Waals surface area contributed by atoms with Gasteiger partial charge >= 0.3 is 0 Å². The number of hydrogen-bond donors (Lipinski definition) is 2. The molecule has 2 saturated heterocycles. The van der Waals surface area contributed by atoms with Gasteiger partial charge < -0.3 is 10.6 Å². The maximum atomic E-state index is 12.6. The van der Waals surface area contributed by atoms with Crippen LogP contribution < -0.4 is 10.6 Å². The second kappa shape index (κ2) is 5.72. The van der Waals surface area contributed by atoms with Crippen molar-refractivity contribution in [2.45, 2.75) is 44.3 Å². The summed E-state index contributed by atoms with van der Waals surface area (Å²) in [6.07, 6.45) is 3.47. The largest absolute Gasteiger partial charge is 0.348 e. The first-order valence-corrected chi connectivity index (χ1v) is 8.27. The molecule has 0 aliphatic carbocycles. The van der Waals surface area contributed by atoms with Crippen LogP contribution in [0.1, 0.15) is 42.1 Å². The molecular weight excluding hydrogens is 284 g/mol. The number of rotatable bonds is 2. The zero-order valence-corrected chi connectivity index (χ0v) is 13.2. The Labute approximate surface area is 136 Å². The molecule has 0 unspecified atom stereocenters. The highest BCUT2D eigenvalue weighted by Gasteiger charge is 2.39. The van der Waals surface area contributed by atoms with Crippen LogP contribution in [0.15, 0.2) is 36.4 Å². The van der Waals surface area contributed by atoms with E-state index in [0.717, 1.165) is 28.3 Å². The number of nitrogens with one attached hydrogen (secondary N) is 2. The van der Waals surface area contributed by atoms with Gasteiger partial charge in [0.2, 0.25) is 0 Å². The smallest absolute Gasteiger partial charge is 0.251 e. The van der Waals surface area contributed by atoms with E-state index in [4.69, 9.17) is 0 Å². The van der Waals surface area contributed by atoms with Crippen molar-refractivity contribution in [2.75, 3.05) is 0 Å². The molecule has 23 heavy (non-hydrogen) atoms. The Morgan fingerprint density at radius 2 is 2.17 bits per heavy atom. The van der Waals surface area contributed by atoms with Crippen molar-refractivity contribution in [3.05, 3.63) is 47.5 Å². The lowest BCUT2D eigenvalue weighted by molar-refractivity contribution is 0.0931. The maximum Gasteiger partial charge on any atom is 0.251 e. The molecule has 0 aromatic heterocycles. The highest BCUT2D eigenvalue weighted by atomic mass is 16.1. The van der Waals surface area contributed by atoms with Crippen molar-refractivity contribution in [3.8, 4) is 11.8 Å². The van der Waals surface area contributed by atoms with Crippen LogP contribution in [-0.4, -0.2) is 24.0 Å². The third kappa shape index (κ3) is 2.60. The van der Waals surface area contributed by atoms with Gasteiger partial charge in [-0.15, -0.1) is 5.92 Å². The summed E-state index contributed by atoms with van der Waals surface area (Å²) in [5, 5.41) is 8.91. The summed E-state index contributed by atoms with van der Waals surface area (Å²) >= 11 is 0. The van der Waals surface area contributed by atoms with E-state index in [2.05, 4.69) is 22.5 Å². The summed E-state index contributed by atoms with van der Waals surface area (Å²) < 4.78 is 0. The van der Waals surface area contributed by atoms with Crippen molar-refractivity contribution in [3.63, 3.8) is 0 Å². The first kappa shape index (κ1) is 14.3. The van der Waals surface area contributed by atoms with Crippen molar-refractivity contribution < 1.29 is 4.79 Å². The summed E-state index contributed by atoms with van der Waals surface area (Å²) in [7, 11) is 0. The van der Waals surface area contributed by atoms with Crippen molar-refractivity contribution in [1.82, 2.24) is 10.6 Å². The summed E-state index contributed by atoms with van der Waals surface area (Å²) in [5.74, 6) is 6.08. The second-order valence-electron chi connectivity index (χ2n) is 6.48. The fourth-order valence-electron chi connectivity index (χ4n) is 3.90. The molecule has 3 nitrogen and oxygen atoms in total. The van der Waals surface area contributed by atoms with Crippen LogP contribution in [0.4, 0.5) is 0 Å². The number of carbonyl (C=O) groups excluding carboxylic acids is 1. The molecule has 1 amide bonds. The molecule has 2 fully saturated rings. The minimum atomic E-state index is 0.0261. The molecule has 2 aromatic carbocycles. The zero-order chi connectivity index (χ0) is 15.8. The van der Waals surface area contributed by atoms with E-state index in [9.17, 15) is 4.79 Å². The number of fused-ring (bicyclic) bond motifs is 3. The molecule has 2 aliphatic heterocycles. The van der Waals surface area contributed by atoms with Crippen molar-refractivity contribution >= 4 is 16.7 Å². The van der Waals surface area contributed by atoms with Crippen LogP contribution in [0.3, 0.4) is 0 Å². The highest BCUT2D eigenvalue weighted by Crippen LogP contribution is 2.28. The van der Waals surface area contributed by atoms with Crippen LogP contribution in [0.25, 0.3) is 10.8 Å². The van der Waals surface area contributed by atoms with Crippen LogP contribution in [0.5, 0.6) is 0 Å². The van der Waals surface area contributed by atoms with E-state index >= 15 is 0 Å². The van der Waals surface area contributed by atoms with Gasteiger partial charge in [0, 0.05) is 29.3 Å². The molecule has 0 spiro atoms. The minimum absolute atomic E-state index is 0.0261. The van der Waals surface area contributed by atoms with Crippen LogP contribution in [-0.2, 0) is 0 Å². The Hall–Kier alpha value is -2.31. The first-order chi connectivity index (χ1) is 11.2. The normalized spacial score (nSPS) is 25.2. The first-order valence-electron chi connectivity index (χ1n) is 8.27. The highest BCUT2D eigenvalue weighted by molar-refractivity contribution is 6.00. The van der Waals surface area contributed by atoms with Gasteiger partial charge in [0.15, 0.2) is 0 Å². The fraction of sp³-hybridized carbons (Fsp3) is 0.350. The minimum Gasteiger partial charge on any atom is -0.348 e. The molecule has 3 heteroatoms. The summed E-state index contributed by atoms with van der Waals surface area (Å²) in [5.41, 5.74) is 1.73. The van der Waals surface area contributed by atoms with Gasteiger partial charge in [-0.1, -0.05) is 24.1 Å². The lowest BCUT2D eigenvalue weighted by Gasteiger charge is -2.21. The van der Waals surface area contributed by atoms with Gasteiger partial charge in [0.1, 0.15) is 0 Å². The molecule has 2 bridgehead atoms. The standard InChI is InChI=1S/C20H20N2O/c1-2-4-13-5-3-6-14-11-15(7-9-17(13)14)20(23)22-19-12-16-8-10-18(19)21-16/h3,5-7,9,11,16,18-19,21H,8,10,12H2,1H3,(H,22,23)/t16-,18+,19-/m1/s1. The van der Waals surface area contributed by atoms with Crippen LogP contribution in [0.2, 0.25) is 0 Å². The summed E-state index contributed by atoms with van der Waals surface area (Å²) in [4.78, 5) is 12.6. The van der Waals surface area contributed by atoms with Gasteiger partial charge in [-0.2, -0.15) is 0 Å². The van der Waals surface area contributed by atoms with Crippen molar-refractivity contribution in [1.29, 1.82) is 0 Å². The number of benzene rings is 2. The molecular formula is C20H20N2O. The van der Waals surface area contributed by atoms with Gasteiger partial charge in [-0.3, -0.25) is 4.79 Å². The van der Waals surface area contributed by atoms with Gasteiger partial charge in [0.05, 0.1) is 0 Å². The van der Waals surface area contributed by atoms with E-state index in [0.29, 0.717) is 12.1 Å². The Balaban J connectivity index is 1.58.